The maximum absolute atomic E-state index is 13.8. The Hall–Kier alpha value is -3.07. The molecule has 1 fully saturated rings. The predicted molar refractivity (Wildman–Crippen MR) is 135 cm³/mol. The number of amides is 2. The molecule has 1 aromatic heterocycles. The topological polar surface area (TPSA) is 83.6 Å². The monoisotopic (exact) mass is 502 g/mol. The molecule has 0 saturated carbocycles. The van der Waals surface area contributed by atoms with Gasteiger partial charge in [-0.25, -0.2) is 4.98 Å². The average Bonchev–Trinajstić information content (AvgIpc) is 2.79. The van der Waals surface area contributed by atoms with Crippen molar-refractivity contribution in [1.82, 2.24) is 15.2 Å². The van der Waals surface area contributed by atoms with Crippen molar-refractivity contribution in [1.29, 1.82) is 0 Å². The summed E-state index contributed by atoms with van der Waals surface area (Å²) in [4.78, 5) is 32.2. The van der Waals surface area contributed by atoms with Gasteiger partial charge in [-0.15, -0.1) is 0 Å². The number of aromatic nitrogens is 1. The number of anilines is 1. The van der Waals surface area contributed by atoms with E-state index in [9.17, 15) is 18.4 Å². The second-order valence-corrected chi connectivity index (χ2v) is 10.4. The van der Waals surface area contributed by atoms with E-state index < -0.39 is 17.4 Å². The SMILES string of the molecule is CNC(=O)C(C)(C)CCN1CC(C(=O)Nc2ccc(C)nc2OC(F)F)(c2ccccc2C(C)C)C1. The van der Waals surface area contributed by atoms with Gasteiger partial charge in [0.25, 0.3) is 0 Å². The number of carbonyl (C=O) groups excluding carboxylic acids is 2. The summed E-state index contributed by atoms with van der Waals surface area (Å²) in [5.74, 6) is -0.460. The number of carbonyl (C=O) groups is 2. The lowest BCUT2D eigenvalue weighted by molar-refractivity contribution is -0.132. The van der Waals surface area contributed by atoms with Gasteiger partial charge in [-0.05, 0) is 49.1 Å². The number of ether oxygens (including phenoxy) is 1. The highest BCUT2D eigenvalue weighted by molar-refractivity contribution is 6.01. The molecule has 3 rings (SSSR count). The summed E-state index contributed by atoms with van der Waals surface area (Å²) < 4.78 is 30.6. The molecule has 36 heavy (non-hydrogen) atoms. The Kier molecular flexibility index (Phi) is 8.33. The van der Waals surface area contributed by atoms with Crippen molar-refractivity contribution < 1.29 is 23.1 Å². The van der Waals surface area contributed by atoms with E-state index in [1.807, 2.05) is 38.1 Å². The third kappa shape index (κ3) is 5.83. The second kappa shape index (κ2) is 10.9. The Morgan fingerprint density at radius 1 is 1.17 bits per heavy atom. The molecular formula is C27H36F2N4O3. The molecule has 0 atom stereocenters. The molecule has 0 bridgehead atoms. The third-order valence-electron chi connectivity index (χ3n) is 6.86. The van der Waals surface area contributed by atoms with Crippen molar-refractivity contribution >= 4 is 17.5 Å². The number of pyridine rings is 1. The zero-order valence-electron chi connectivity index (χ0n) is 21.8. The molecule has 0 unspecified atom stereocenters. The van der Waals surface area contributed by atoms with Crippen LogP contribution < -0.4 is 15.4 Å². The van der Waals surface area contributed by atoms with Gasteiger partial charge in [-0.3, -0.25) is 9.59 Å². The number of rotatable bonds is 10. The summed E-state index contributed by atoms with van der Waals surface area (Å²) >= 11 is 0. The summed E-state index contributed by atoms with van der Waals surface area (Å²) in [6.07, 6.45) is 0.629. The molecule has 196 valence electrons. The van der Waals surface area contributed by atoms with Gasteiger partial charge in [0.1, 0.15) is 5.69 Å². The Morgan fingerprint density at radius 2 is 1.83 bits per heavy atom. The minimum absolute atomic E-state index is 0.0318. The quantitative estimate of drug-likeness (QED) is 0.501. The van der Waals surface area contributed by atoms with Crippen LogP contribution in [0.4, 0.5) is 14.5 Å². The fourth-order valence-corrected chi connectivity index (χ4v) is 4.68. The first-order valence-electron chi connectivity index (χ1n) is 12.2. The summed E-state index contributed by atoms with van der Waals surface area (Å²) in [5, 5.41) is 5.52. The first-order valence-corrected chi connectivity index (χ1v) is 12.2. The number of aryl methyl sites for hydroxylation is 1. The van der Waals surface area contributed by atoms with Crippen molar-refractivity contribution in [2.75, 3.05) is 32.0 Å². The molecule has 1 aromatic carbocycles. The minimum atomic E-state index is -3.06. The maximum Gasteiger partial charge on any atom is 0.388 e. The number of likely N-dealkylation sites (tertiary alicyclic amines) is 1. The first kappa shape index (κ1) is 27.5. The Balaban J connectivity index is 1.90. The molecule has 0 spiro atoms. The zero-order valence-corrected chi connectivity index (χ0v) is 21.8. The number of nitrogens with zero attached hydrogens (tertiary/aromatic N) is 2. The van der Waals surface area contributed by atoms with Gasteiger partial charge in [0.2, 0.25) is 17.7 Å². The van der Waals surface area contributed by atoms with Crippen LogP contribution in [0.25, 0.3) is 0 Å². The van der Waals surface area contributed by atoms with Gasteiger partial charge in [0, 0.05) is 31.2 Å². The van der Waals surface area contributed by atoms with Crippen molar-refractivity contribution in [3.63, 3.8) is 0 Å². The zero-order chi connectivity index (χ0) is 26.7. The normalized spacial score (nSPS) is 15.5. The van der Waals surface area contributed by atoms with E-state index >= 15 is 0 Å². The molecule has 9 heteroatoms. The van der Waals surface area contributed by atoms with E-state index in [1.165, 1.54) is 6.07 Å². The lowest BCUT2D eigenvalue weighted by atomic mass is 9.69. The third-order valence-corrected chi connectivity index (χ3v) is 6.86. The number of nitrogens with one attached hydrogen (secondary N) is 2. The van der Waals surface area contributed by atoms with Crippen LogP contribution >= 0.6 is 0 Å². The number of hydrogen-bond donors (Lipinski definition) is 2. The van der Waals surface area contributed by atoms with Gasteiger partial charge < -0.3 is 20.3 Å². The van der Waals surface area contributed by atoms with E-state index in [0.717, 1.165) is 11.1 Å². The molecular weight excluding hydrogens is 466 g/mol. The molecule has 2 heterocycles. The van der Waals surface area contributed by atoms with Crippen LogP contribution in [0.5, 0.6) is 5.88 Å². The molecule has 0 radical (unpaired) electrons. The number of hydrogen-bond acceptors (Lipinski definition) is 5. The van der Waals surface area contributed by atoms with Crippen LogP contribution in [0.15, 0.2) is 36.4 Å². The van der Waals surface area contributed by atoms with E-state index in [2.05, 4.69) is 39.1 Å². The molecule has 2 amide bonds. The van der Waals surface area contributed by atoms with E-state index in [4.69, 9.17) is 0 Å². The van der Waals surface area contributed by atoms with Gasteiger partial charge >= 0.3 is 6.61 Å². The lowest BCUT2D eigenvalue weighted by Crippen LogP contribution is -2.65. The highest BCUT2D eigenvalue weighted by Gasteiger charge is 2.52. The number of alkyl halides is 2. The summed E-state index contributed by atoms with van der Waals surface area (Å²) in [6.45, 7) is 8.07. The fourth-order valence-electron chi connectivity index (χ4n) is 4.68. The van der Waals surface area contributed by atoms with Crippen LogP contribution in [0.1, 0.15) is 56.9 Å². The standard InChI is InChI=1S/C27H36F2N4O3/c1-17(2)19-9-7-8-10-20(19)27(15-33(16-27)14-13-26(4,5)23(34)30-6)24(35)32-21-12-11-18(3)31-22(21)36-25(28)29/h7-12,17,25H,13-16H2,1-6H3,(H,30,34)(H,32,35). The molecule has 1 aliphatic rings. The molecule has 7 nitrogen and oxygen atoms in total. The predicted octanol–water partition coefficient (Wildman–Crippen LogP) is 4.47. The molecule has 1 saturated heterocycles. The van der Waals surface area contributed by atoms with Gasteiger partial charge in [0.05, 0.1) is 5.41 Å². The summed E-state index contributed by atoms with van der Waals surface area (Å²) in [6, 6.07) is 11.0. The van der Waals surface area contributed by atoms with Gasteiger partial charge in [-0.2, -0.15) is 8.78 Å². The van der Waals surface area contributed by atoms with Gasteiger partial charge in [-0.1, -0.05) is 52.0 Å². The first-order chi connectivity index (χ1) is 16.9. The fraction of sp³-hybridized carbons (Fsp3) is 0.519. The highest BCUT2D eigenvalue weighted by Crippen LogP contribution is 2.41. The van der Waals surface area contributed by atoms with Crippen LogP contribution in [0.3, 0.4) is 0 Å². The Bertz CT molecular complexity index is 1100. The molecule has 0 aliphatic carbocycles. The lowest BCUT2D eigenvalue weighted by Gasteiger charge is -2.50. The number of benzene rings is 1. The second-order valence-electron chi connectivity index (χ2n) is 10.4. The average molecular weight is 503 g/mol. The maximum atomic E-state index is 13.8. The minimum Gasteiger partial charge on any atom is -0.415 e. The van der Waals surface area contributed by atoms with E-state index in [0.29, 0.717) is 31.7 Å². The largest absolute Gasteiger partial charge is 0.415 e. The van der Waals surface area contributed by atoms with Crippen LogP contribution in [-0.4, -0.2) is 55.0 Å². The molecule has 2 N–H and O–H groups in total. The molecule has 1 aliphatic heterocycles. The van der Waals surface area contributed by atoms with Crippen molar-refractivity contribution in [3.8, 4) is 5.88 Å². The van der Waals surface area contributed by atoms with E-state index in [-0.39, 0.29) is 29.3 Å². The molecule has 2 aromatic rings. The summed E-state index contributed by atoms with van der Waals surface area (Å²) in [5.41, 5.74) is 1.15. The van der Waals surface area contributed by atoms with Crippen LogP contribution in [0.2, 0.25) is 0 Å². The number of halogens is 2. The van der Waals surface area contributed by atoms with Crippen molar-refractivity contribution in [2.24, 2.45) is 5.41 Å². The van der Waals surface area contributed by atoms with Crippen LogP contribution in [0, 0.1) is 12.3 Å². The Morgan fingerprint density at radius 3 is 2.44 bits per heavy atom. The van der Waals surface area contributed by atoms with E-state index in [1.54, 1.807) is 20.0 Å². The highest BCUT2D eigenvalue weighted by atomic mass is 19.3. The van der Waals surface area contributed by atoms with Crippen molar-refractivity contribution in [3.05, 3.63) is 53.2 Å². The van der Waals surface area contributed by atoms with Crippen molar-refractivity contribution in [2.45, 2.75) is 59.0 Å². The Labute approximate surface area is 211 Å². The summed E-state index contributed by atoms with van der Waals surface area (Å²) in [7, 11) is 1.62. The smallest absolute Gasteiger partial charge is 0.388 e. The van der Waals surface area contributed by atoms with Crippen LogP contribution in [-0.2, 0) is 15.0 Å². The van der Waals surface area contributed by atoms with Gasteiger partial charge in [0.15, 0.2) is 0 Å².